The minimum atomic E-state index is -2.97. The summed E-state index contributed by atoms with van der Waals surface area (Å²) >= 11 is 0. The lowest BCUT2D eigenvalue weighted by atomic mass is 10.1. The average molecular weight is 349 g/mol. The first kappa shape index (κ1) is 15.9. The van der Waals surface area contributed by atoms with Crippen LogP contribution in [0.4, 0.5) is 14.7 Å². The van der Waals surface area contributed by atoms with Crippen molar-refractivity contribution in [1.82, 2.24) is 19.7 Å². The molecule has 4 rings (SSSR count). The largest absolute Gasteiger partial charge is 0.480 e. The summed E-state index contributed by atoms with van der Waals surface area (Å²) in [4.78, 5) is 21.4. The van der Waals surface area contributed by atoms with Crippen LogP contribution >= 0.6 is 0 Å². The molecular formula is C16H17F2N5O2. The smallest absolute Gasteiger partial charge is 0.325 e. The molecule has 1 fully saturated rings. The molecule has 7 nitrogen and oxygen atoms in total. The summed E-state index contributed by atoms with van der Waals surface area (Å²) in [5.74, 6) is -3.68. The van der Waals surface area contributed by atoms with Crippen molar-refractivity contribution in [1.29, 1.82) is 0 Å². The van der Waals surface area contributed by atoms with Crippen molar-refractivity contribution in [3.05, 3.63) is 23.7 Å². The molecule has 25 heavy (non-hydrogen) atoms. The Labute approximate surface area is 142 Å². The molecule has 2 aromatic rings. The predicted octanol–water partition coefficient (Wildman–Crippen LogP) is 2.06. The Bertz CT molecular complexity index is 851. The fourth-order valence-electron chi connectivity index (χ4n) is 3.30. The van der Waals surface area contributed by atoms with Gasteiger partial charge in [-0.25, -0.2) is 9.97 Å². The highest BCUT2D eigenvalue weighted by molar-refractivity contribution is 5.68. The number of carbonyl (C=O) groups is 1. The molecule has 0 bridgehead atoms. The van der Waals surface area contributed by atoms with Gasteiger partial charge in [-0.3, -0.25) is 9.48 Å². The third-order valence-corrected chi connectivity index (χ3v) is 4.81. The van der Waals surface area contributed by atoms with E-state index >= 15 is 0 Å². The highest BCUT2D eigenvalue weighted by Gasteiger charge is 2.44. The number of hydrogen-bond acceptors (Lipinski definition) is 5. The van der Waals surface area contributed by atoms with Gasteiger partial charge < -0.3 is 10.0 Å². The number of nitrogens with zero attached hydrogens (tertiary/aromatic N) is 5. The molecule has 0 unspecified atom stereocenters. The SMILES string of the molecule is C[C@H]1CCN1c1nc(-c2cnn(CC(=O)O)c2)c2c(n1)C(F)(F)CC2. The Hall–Kier alpha value is -2.58. The van der Waals surface area contributed by atoms with E-state index in [0.717, 1.165) is 13.0 Å². The third-order valence-electron chi connectivity index (χ3n) is 4.81. The van der Waals surface area contributed by atoms with E-state index in [9.17, 15) is 13.6 Å². The maximum absolute atomic E-state index is 14.3. The summed E-state index contributed by atoms with van der Waals surface area (Å²) in [5.41, 5.74) is 1.18. The molecule has 0 amide bonds. The van der Waals surface area contributed by atoms with Gasteiger partial charge in [0.2, 0.25) is 5.95 Å². The van der Waals surface area contributed by atoms with Crippen LogP contribution in [0.3, 0.4) is 0 Å². The van der Waals surface area contributed by atoms with Gasteiger partial charge in [0.05, 0.1) is 11.9 Å². The van der Waals surface area contributed by atoms with Gasteiger partial charge in [-0.15, -0.1) is 0 Å². The fourth-order valence-corrected chi connectivity index (χ4v) is 3.30. The van der Waals surface area contributed by atoms with Crippen molar-refractivity contribution in [2.75, 3.05) is 11.4 Å². The van der Waals surface area contributed by atoms with Crippen LogP contribution < -0.4 is 4.90 Å². The lowest BCUT2D eigenvalue weighted by molar-refractivity contribution is -0.137. The number of alkyl halides is 2. The van der Waals surface area contributed by atoms with Gasteiger partial charge in [0.25, 0.3) is 5.92 Å². The number of anilines is 1. The van der Waals surface area contributed by atoms with Crippen LogP contribution in [0.1, 0.15) is 31.0 Å². The van der Waals surface area contributed by atoms with Crippen LogP contribution in [-0.2, 0) is 23.7 Å². The molecule has 2 aliphatic rings. The number of halogens is 2. The average Bonchev–Trinajstić information content (AvgIpc) is 3.10. The lowest BCUT2D eigenvalue weighted by Gasteiger charge is -2.39. The Kier molecular flexibility index (Phi) is 3.48. The van der Waals surface area contributed by atoms with E-state index in [1.807, 2.05) is 11.8 Å². The number of hydrogen-bond donors (Lipinski definition) is 1. The quantitative estimate of drug-likeness (QED) is 0.910. The minimum Gasteiger partial charge on any atom is -0.480 e. The second-order valence-corrected chi connectivity index (χ2v) is 6.56. The van der Waals surface area contributed by atoms with Gasteiger partial charge in [0.15, 0.2) is 0 Å². The molecule has 0 saturated carbocycles. The zero-order valence-electron chi connectivity index (χ0n) is 13.6. The predicted molar refractivity (Wildman–Crippen MR) is 84.5 cm³/mol. The summed E-state index contributed by atoms with van der Waals surface area (Å²) in [6, 6.07) is 0.218. The Morgan fingerprint density at radius 1 is 1.44 bits per heavy atom. The molecule has 0 radical (unpaired) electrons. The summed E-state index contributed by atoms with van der Waals surface area (Å²) < 4.78 is 29.8. The lowest BCUT2D eigenvalue weighted by Crippen LogP contribution is -2.47. The van der Waals surface area contributed by atoms with E-state index in [1.54, 1.807) is 0 Å². The van der Waals surface area contributed by atoms with E-state index in [0.29, 0.717) is 22.8 Å². The molecule has 0 aromatic carbocycles. The van der Waals surface area contributed by atoms with Crippen molar-refractivity contribution in [3.63, 3.8) is 0 Å². The van der Waals surface area contributed by atoms with Crippen LogP contribution in [0.5, 0.6) is 0 Å². The Morgan fingerprint density at radius 2 is 2.24 bits per heavy atom. The standard InChI is InChI=1S/C16H17F2N5O2/c1-9-3-5-23(9)15-20-13(10-6-19-22(7-10)8-12(24)25)11-2-4-16(17,18)14(11)21-15/h6-7,9H,2-5,8H2,1H3,(H,24,25)/t9-/m0/s1. The first-order valence-corrected chi connectivity index (χ1v) is 8.15. The van der Waals surface area contributed by atoms with Gasteiger partial charge in [-0.2, -0.15) is 13.9 Å². The number of carboxylic acids is 1. The van der Waals surface area contributed by atoms with Crippen LogP contribution in [0.15, 0.2) is 12.4 Å². The van der Waals surface area contributed by atoms with Crippen LogP contribution in [0.25, 0.3) is 11.3 Å². The molecule has 1 saturated heterocycles. The first-order valence-electron chi connectivity index (χ1n) is 8.15. The molecule has 132 valence electrons. The van der Waals surface area contributed by atoms with Gasteiger partial charge in [-0.1, -0.05) is 0 Å². The molecule has 0 spiro atoms. The van der Waals surface area contributed by atoms with E-state index < -0.39 is 11.9 Å². The summed E-state index contributed by atoms with van der Waals surface area (Å²) in [6.07, 6.45) is 3.87. The monoisotopic (exact) mass is 349 g/mol. The summed E-state index contributed by atoms with van der Waals surface area (Å²) in [7, 11) is 0. The van der Waals surface area contributed by atoms with Gasteiger partial charge in [0, 0.05) is 36.3 Å². The number of fused-ring (bicyclic) bond motifs is 1. The second kappa shape index (κ2) is 5.47. The minimum absolute atomic E-state index is 0.192. The molecule has 2 aromatic heterocycles. The maximum atomic E-state index is 14.3. The number of aliphatic carboxylic acids is 1. The van der Waals surface area contributed by atoms with Crippen LogP contribution in [0.2, 0.25) is 0 Å². The summed E-state index contributed by atoms with van der Waals surface area (Å²) in [5, 5.41) is 12.9. The molecule has 1 aliphatic carbocycles. The zero-order valence-corrected chi connectivity index (χ0v) is 13.6. The van der Waals surface area contributed by atoms with E-state index in [-0.39, 0.29) is 31.1 Å². The van der Waals surface area contributed by atoms with Crippen molar-refractivity contribution in [2.45, 2.75) is 44.7 Å². The molecule has 1 N–H and O–H groups in total. The van der Waals surface area contributed by atoms with Crippen molar-refractivity contribution in [2.24, 2.45) is 0 Å². The van der Waals surface area contributed by atoms with E-state index in [2.05, 4.69) is 15.1 Å². The van der Waals surface area contributed by atoms with Crippen LogP contribution in [0, 0.1) is 0 Å². The number of rotatable bonds is 4. The van der Waals surface area contributed by atoms with E-state index in [1.165, 1.54) is 17.1 Å². The Morgan fingerprint density at radius 3 is 2.88 bits per heavy atom. The highest BCUT2D eigenvalue weighted by atomic mass is 19.3. The maximum Gasteiger partial charge on any atom is 0.325 e. The van der Waals surface area contributed by atoms with Gasteiger partial charge in [-0.05, 0) is 19.8 Å². The van der Waals surface area contributed by atoms with Crippen molar-refractivity contribution >= 4 is 11.9 Å². The van der Waals surface area contributed by atoms with Crippen LogP contribution in [-0.4, -0.2) is 43.4 Å². The first-order chi connectivity index (χ1) is 11.8. The number of carboxylic acid groups (broad SMARTS) is 1. The molecule has 1 atom stereocenters. The molecule has 3 heterocycles. The van der Waals surface area contributed by atoms with Gasteiger partial charge >= 0.3 is 5.97 Å². The zero-order chi connectivity index (χ0) is 17.8. The fraction of sp³-hybridized carbons (Fsp3) is 0.500. The summed E-state index contributed by atoms with van der Waals surface area (Å²) in [6.45, 7) is 2.45. The normalized spacial score (nSPS) is 21.1. The Balaban J connectivity index is 1.81. The topological polar surface area (TPSA) is 84.1 Å². The molecule has 1 aliphatic heterocycles. The molecular weight excluding hydrogens is 332 g/mol. The van der Waals surface area contributed by atoms with Crippen molar-refractivity contribution < 1.29 is 18.7 Å². The van der Waals surface area contributed by atoms with Gasteiger partial charge in [0.1, 0.15) is 12.2 Å². The molecule has 9 heteroatoms. The van der Waals surface area contributed by atoms with E-state index in [4.69, 9.17) is 5.11 Å². The highest BCUT2D eigenvalue weighted by Crippen LogP contribution is 2.44. The van der Waals surface area contributed by atoms with Crippen molar-refractivity contribution in [3.8, 4) is 11.3 Å². The number of aromatic nitrogens is 4. The second-order valence-electron chi connectivity index (χ2n) is 6.56. The third kappa shape index (κ3) is 2.63.